The summed E-state index contributed by atoms with van der Waals surface area (Å²) in [4.78, 5) is 16.7. The summed E-state index contributed by atoms with van der Waals surface area (Å²) in [6.45, 7) is 4.34. The van der Waals surface area contributed by atoms with Crippen LogP contribution in [-0.4, -0.2) is 61.0 Å². The number of hydrogen-bond acceptors (Lipinski definition) is 3. The predicted molar refractivity (Wildman–Crippen MR) is 83.4 cm³/mol. The fourth-order valence-electron chi connectivity index (χ4n) is 2.94. The van der Waals surface area contributed by atoms with Gasteiger partial charge in [-0.25, -0.2) is 0 Å². The van der Waals surface area contributed by atoms with Crippen LogP contribution in [0.3, 0.4) is 0 Å². The summed E-state index contributed by atoms with van der Waals surface area (Å²) in [6.07, 6.45) is 4.35. The van der Waals surface area contributed by atoms with Crippen molar-refractivity contribution >= 4 is 30.7 Å². The highest BCUT2D eigenvalue weighted by molar-refractivity contribution is 5.85. The standard InChI is InChI=1S/C13H25N3O.2ClH/c1-10-9-11(6-8-15(10)2)16(3)13(17)12-5-4-7-14-12;;/h10-12,14H,4-9H2,1-3H3;2*1H. The van der Waals surface area contributed by atoms with E-state index in [9.17, 15) is 4.79 Å². The molecule has 3 atom stereocenters. The summed E-state index contributed by atoms with van der Waals surface area (Å²) in [5.74, 6) is 0.296. The van der Waals surface area contributed by atoms with E-state index in [0.717, 1.165) is 38.8 Å². The normalized spacial score (nSPS) is 31.2. The average molecular weight is 312 g/mol. The van der Waals surface area contributed by atoms with Gasteiger partial charge in [0.15, 0.2) is 0 Å². The molecule has 6 heteroatoms. The van der Waals surface area contributed by atoms with Crippen LogP contribution in [0.4, 0.5) is 0 Å². The quantitative estimate of drug-likeness (QED) is 0.840. The van der Waals surface area contributed by atoms with Crippen molar-refractivity contribution in [3.63, 3.8) is 0 Å². The largest absolute Gasteiger partial charge is 0.341 e. The Bertz CT molecular complexity index is 285. The molecular weight excluding hydrogens is 285 g/mol. The van der Waals surface area contributed by atoms with Crippen molar-refractivity contribution in [1.82, 2.24) is 15.1 Å². The van der Waals surface area contributed by atoms with E-state index >= 15 is 0 Å². The highest BCUT2D eigenvalue weighted by Gasteiger charge is 2.32. The smallest absolute Gasteiger partial charge is 0.239 e. The highest BCUT2D eigenvalue weighted by Crippen LogP contribution is 2.21. The minimum Gasteiger partial charge on any atom is -0.341 e. The van der Waals surface area contributed by atoms with Crippen LogP contribution in [0.1, 0.15) is 32.6 Å². The van der Waals surface area contributed by atoms with Gasteiger partial charge in [-0.1, -0.05) is 0 Å². The zero-order valence-corrected chi connectivity index (χ0v) is 13.7. The first-order valence-electron chi connectivity index (χ1n) is 6.80. The van der Waals surface area contributed by atoms with Crippen LogP contribution in [0, 0.1) is 0 Å². The molecule has 1 N–H and O–H groups in total. The van der Waals surface area contributed by atoms with Gasteiger partial charge in [0.05, 0.1) is 6.04 Å². The van der Waals surface area contributed by atoms with Crippen LogP contribution in [0.5, 0.6) is 0 Å². The third-order valence-corrected chi connectivity index (χ3v) is 4.43. The number of halogens is 2. The molecule has 2 aliphatic heterocycles. The Morgan fingerprint density at radius 3 is 2.53 bits per heavy atom. The molecule has 0 aromatic heterocycles. The van der Waals surface area contributed by atoms with Crippen LogP contribution in [0.2, 0.25) is 0 Å². The third kappa shape index (κ3) is 4.48. The summed E-state index contributed by atoms with van der Waals surface area (Å²) in [5, 5.41) is 3.29. The Balaban J connectivity index is 0.00000162. The molecule has 0 radical (unpaired) electrons. The molecule has 2 aliphatic rings. The number of nitrogens with zero attached hydrogens (tertiary/aromatic N) is 2. The second-order valence-corrected chi connectivity index (χ2v) is 5.61. The molecule has 0 spiro atoms. The van der Waals surface area contributed by atoms with E-state index in [-0.39, 0.29) is 30.9 Å². The molecule has 4 nitrogen and oxygen atoms in total. The topological polar surface area (TPSA) is 35.6 Å². The first-order valence-corrected chi connectivity index (χ1v) is 6.80. The van der Waals surface area contributed by atoms with Gasteiger partial charge in [0.1, 0.15) is 0 Å². The minimum absolute atomic E-state index is 0. The van der Waals surface area contributed by atoms with Crippen molar-refractivity contribution in [2.75, 3.05) is 27.2 Å². The summed E-state index contributed by atoms with van der Waals surface area (Å²) in [6, 6.07) is 1.09. The molecule has 114 valence electrons. The van der Waals surface area contributed by atoms with Crippen molar-refractivity contribution in [2.45, 2.75) is 50.7 Å². The van der Waals surface area contributed by atoms with Gasteiger partial charge in [0, 0.05) is 25.7 Å². The molecule has 0 bridgehead atoms. The van der Waals surface area contributed by atoms with Gasteiger partial charge in [-0.15, -0.1) is 24.8 Å². The summed E-state index contributed by atoms with van der Waals surface area (Å²) >= 11 is 0. The number of carbonyl (C=O) groups excluding carboxylic acids is 1. The average Bonchev–Trinajstić information content (AvgIpc) is 2.84. The van der Waals surface area contributed by atoms with E-state index in [2.05, 4.69) is 24.2 Å². The number of nitrogens with one attached hydrogen (secondary N) is 1. The van der Waals surface area contributed by atoms with Gasteiger partial charge in [0.2, 0.25) is 5.91 Å². The minimum atomic E-state index is 0. The molecule has 0 aromatic carbocycles. The molecule has 19 heavy (non-hydrogen) atoms. The Labute approximate surface area is 129 Å². The Morgan fingerprint density at radius 2 is 2.00 bits per heavy atom. The van der Waals surface area contributed by atoms with Crippen molar-refractivity contribution in [2.24, 2.45) is 0 Å². The SMILES string of the molecule is CC1CC(N(C)C(=O)C2CCCN2)CCN1C.Cl.Cl. The van der Waals surface area contributed by atoms with E-state index < -0.39 is 0 Å². The molecule has 0 saturated carbocycles. The number of carbonyl (C=O) groups is 1. The number of likely N-dealkylation sites (N-methyl/N-ethyl adjacent to an activating group) is 1. The monoisotopic (exact) mass is 311 g/mol. The molecular formula is C13H27Cl2N3O. The van der Waals surface area contributed by atoms with Crippen molar-refractivity contribution in [3.8, 4) is 0 Å². The van der Waals surface area contributed by atoms with Gasteiger partial charge in [-0.2, -0.15) is 0 Å². The lowest BCUT2D eigenvalue weighted by Gasteiger charge is -2.40. The number of piperidine rings is 1. The van der Waals surface area contributed by atoms with Crippen LogP contribution in [0.15, 0.2) is 0 Å². The zero-order chi connectivity index (χ0) is 12.4. The first kappa shape index (κ1) is 19.0. The third-order valence-electron chi connectivity index (χ3n) is 4.43. The lowest BCUT2D eigenvalue weighted by Crippen LogP contribution is -2.51. The molecule has 0 aromatic rings. The maximum Gasteiger partial charge on any atom is 0.239 e. The highest BCUT2D eigenvalue weighted by atomic mass is 35.5. The van der Waals surface area contributed by atoms with Gasteiger partial charge in [0.25, 0.3) is 0 Å². The lowest BCUT2D eigenvalue weighted by molar-refractivity contribution is -0.135. The van der Waals surface area contributed by atoms with E-state index in [0.29, 0.717) is 18.0 Å². The predicted octanol–water partition coefficient (Wildman–Crippen LogP) is 1.52. The van der Waals surface area contributed by atoms with Crippen molar-refractivity contribution in [1.29, 1.82) is 0 Å². The van der Waals surface area contributed by atoms with Gasteiger partial charge in [-0.3, -0.25) is 4.79 Å². The van der Waals surface area contributed by atoms with Crippen LogP contribution < -0.4 is 5.32 Å². The van der Waals surface area contributed by atoms with Crippen LogP contribution in [-0.2, 0) is 4.79 Å². The Kier molecular flexibility index (Phi) is 8.29. The Morgan fingerprint density at radius 1 is 1.32 bits per heavy atom. The van der Waals surface area contributed by atoms with Crippen LogP contribution in [0.25, 0.3) is 0 Å². The van der Waals surface area contributed by atoms with E-state index in [1.807, 2.05) is 11.9 Å². The molecule has 1 amide bonds. The summed E-state index contributed by atoms with van der Waals surface area (Å²) in [5.41, 5.74) is 0. The fraction of sp³-hybridized carbons (Fsp3) is 0.923. The van der Waals surface area contributed by atoms with Crippen molar-refractivity contribution < 1.29 is 4.79 Å². The number of hydrogen-bond donors (Lipinski definition) is 1. The molecule has 2 fully saturated rings. The molecule has 2 rings (SSSR count). The maximum atomic E-state index is 12.3. The Hall–Kier alpha value is -0.0300. The van der Waals surface area contributed by atoms with Crippen LogP contribution >= 0.6 is 24.8 Å². The van der Waals surface area contributed by atoms with Gasteiger partial charge >= 0.3 is 0 Å². The first-order chi connectivity index (χ1) is 8.09. The van der Waals surface area contributed by atoms with Crippen molar-refractivity contribution in [3.05, 3.63) is 0 Å². The molecule has 3 unspecified atom stereocenters. The summed E-state index contributed by atoms with van der Waals surface area (Å²) < 4.78 is 0. The fourth-order valence-corrected chi connectivity index (χ4v) is 2.94. The van der Waals surface area contributed by atoms with Gasteiger partial charge in [-0.05, 0) is 46.2 Å². The molecule has 0 aliphatic carbocycles. The number of likely N-dealkylation sites (tertiary alicyclic amines) is 1. The maximum absolute atomic E-state index is 12.3. The lowest BCUT2D eigenvalue weighted by atomic mass is 9.97. The van der Waals surface area contributed by atoms with Gasteiger partial charge < -0.3 is 15.1 Å². The second kappa shape index (κ2) is 8.30. The zero-order valence-electron chi connectivity index (χ0n) is 12.1. The van der Waals surface area contributed by atoms with E-state index in [1.165, 1.54) is 0 Å². The number of rotatable bonds is 2. The second-order valence-electron chi connectivity index (χ2n) is 5.61. The van der Waals surface area contributed by atoms with E-state index in [1.54, 1.807) is 0 Å². The number of amides is 1. The molecule has 2 saturated heterocycles. The summed E-state index contributed by atoms with van der Waals surface area (Å²) in [7, 11) is 4.15. The molecule has 2 heterocycles. The van der Waals surface area contributed by atoms with E-state index in [4.69, 9.17) is 0 Å².